The summed E-state index contributed by atoms with van der Waals surface area (Å²) >= 11 is 0. The van der Waals surface area contributed by atoms with Crippen LogP contribution < -0.4 is 0 Å². The maximum Gasteiger partial charge on any atom is 0.397 e. The second kappa shape index (κ2) is 13.3. The number of ether oxygens (including phenoxy) is 3. The Kier molecular flexibility index (Phi) is 10.5. The van der Waals surface area contributed by atoms with Gasteiger partial charge in [0, 0.05) is 19.4 Å². The van der Waals surface area contributed by atoms with Crippen LogP contribution in [-0.4, -0.2) is 118 Å². The lowest BCUT2D eigenvalue weighted by Gasteiger charge is -2.64. The molecule has 7 N–H and O–H groups in total. The van der Waals surface area contributed by atoms with Crippen LogP contribution in [0.4, 0.5) is 0 Å². The molecule has 13 nitrogen and oxygen atoms in total. The Bertz CT molecular complexity index is 1300. The average molecular weight is 691 g/mol. The number of fused-ring (bicyclic) bond motifs is 5. The molecule has 0 spiro atoms. The van der Waals surface area contributed by atoms with Crippen LogP contribution in [0.5, 0.6) is 0 Å². The summed E-state index contributed by atoms with van der Waals surface area (Å²) in [5, 5.41) is 66.6. The van der Waals surface area contributed by atoms with E-state index in [4.69, 9.17) is 18.4 Å². The van der Waals surface area contributed by atoms with Crippen LogP contribution in [0, 0.1) is 40.4 Å². The number of hydrogen-bond acceptors (Lipinski definition) is 12. The fourth-order valence-corrected chi connectivity index (χ4v) is 10.7. The van der Waals surface area contributed by atoms with Crippen molar-refractivity contribution in [2.45, 2.75) is 127 Å². The van der Waals surface area contributed by atoms with Gasteiger partial charge in [-0.1, -0.05) is 45.9 Å². The first-order valence-electron chi connectivity index (χ1n) is 16.8. The van der Waals surface area contributed by atoms with Crippen molar-refractivity contribution in [2.24, 2.45) is 40.4 Å². The number of rotatable bonds is 9. The van der Waals surface area contributed by atoms with Gasteiger partial charge in [0.25, 0.3) is 0 Å². The molecule has 0 aromatic heterocycles. The Morgan fingerprint density at radius 1 is 1.02 bits per heavy atom. The van der Waals surface area contributed by atoms with Crippen LogP contribution in [0.2, 0.25) is 0 Å². The zero-order valence-electron chi connectivity index (χ0n) is 28.0. The van der Waals surface area contributed by atoms with E-state index < -0.39 is 99.7 Å². The third kappa shape index (κ3) is 6.51. The van der Waals surface area contributed by atoms with Gasteiger partial charge in [-0.15, -0.1) is 0 Å². The molecule has 4 unspecified atom stereocenters. The molecular weight excluding hydrogens is 636 g/mol. The normalized spacial score (nSPS) is 49.0. The minimum absolute atomic E-state index is 0.127. The molecule has 4 aliphatic carbocycles. The monoisotopic (exact) mass is 690 g/mol. The molecular formula is C33H54O13S. The summed E-state index contributed by atoms with van der Waals surface area (Å²) in [6, 6.07) is 0. The summed E-state index contributed by atoms with van der Waals surface area (Å²) in [5.74, 6) is -2.43. The molecule has 14 heteroatoms. The minimum atomic E-state index is -5.02. The number of allylic oxidation sites excluding steroid dienone is 1. The van der Waals surface area contributed by atoms with Gasteiger partial charge in [-0.2, -0.15) is 8.42 Å². The van der Waals surface area contributed by atoms with E-state index >= 15 is 0 Å². The Hall–Kier alpha value is -1.01. The summed E-state index contributed by atoms with van der Waals surface area (Å²) < 4.78 is 56.5. The van der Waals surface area contributed by atoms with Gasteiger partial charge in [-0.3, -0.25) is 4.55 Å². The molecule has 0 aromatic carbocycles. The molecule has 4 fully saturated rings. The standard InChI is InChI=1S/C33H54O13S/c1-16(18(3)34)7-8-17(2)24-26(38)27(46-47(40,41)42)29-32(24,5)12-10-23-31(4)11-9-19(13-20(31)21(35)14-33(23,29)39)45-30-28(43-6)25(37)22(36)15-44-30/h7-8,13,16-19,21-30,34-39H,9-12,14-15H2,1-6H3,(H,40,41,42)/b8-7+/t16?,17-,18?,19+,21-,22-,23?,24+,25+,26-,27+,28-,29?,30+,31+,32-,33+/m1/s1. The van der Waals surface area contributed by atoms with E-state index in [1.165, 1.54) is 7.11 Å². The maximum atomic E-state index is 12.8. The van der Waals surface area contributed by atoms with Gasteiger partial charge >= 0.3 is 10.4 Å². The van der Waals surface area contributed by atoms with Crippen molar-refractivity contribution in [2.75, 3.05) is 13.7 Å². The summed E-state index contributed by atoms with van der Waals surface area (Å²) in [5.41, 5.74) is -2.54. The van der Waals surface area contributed by atoms with Crippen molar-refractivity contribution in [3.63, 3.8) is 0 Å². The van der Waals surface area contributed by atoms with Gasteiger partial charge in [0.2, 0.25) is 0 Å². The first kappa shape index (κ1) is 37.3. The third-order valence-corrected chi connectivity index (χ3v) is 13.0. The van der Waals surface area contributed by atoms with E-state index in [2.05, 4.69) is 0 Å². The van der Waals surface area contributed by atoms with Gasteiger partial charge < -0.3 is 44.8 Å². The molecule has 0 aromatic rings. The molecule has 0 radical (unpaired) electrons. The minimum Gasteiger partial charge on any atom is -0.393 e. The van der Waals surface area contributed by atoms with E-state index in [1.54, 1.807) is 6.92 Å². The van der Waals surface area contributed by atoms with Crippen molar-refractivity contribution in [3.05, 3.63) is 23.8 Å². The Balaban J connectivity index is 1.47. The first-order valence-corrected chi connectivity index (χ1v) is 18.1. The van der Waals surface area contributed by atoms with Gasteiger partial charge in [0.15, 0.2) is 6.29 Å². The molecule has 0 bridgehead atoms. The largest absolute Gasteiger partial charge is 0.397 e. The highest BCUT2D eigenvalue weighted by Crippen LogP contribution is 2.69. The second-order valence-corrected chi connectivity index (χ2v) is 16.4. The highest BCUT2D eigenvalue weighted by atomic mass is 32.3. The molecule has 5 aliphatic rings. The second-order valence-electron chi connectivity index (χ2n) is 15.3. The van der Waals surface area contributed by atoms with E-state index in [-0.39, 0.29) is 24.9 Å². The SMILES string of the molecule is CO[C@H]1[C@H](O[C@@H]2C=C3[C@H](O)C[C@]4(O)C(CC[C@@]5(C)C4[C@@H](OS(=O)(=O)O)[C@H](O)[C@@H]5[C@H](C)/C=C/C(C)C(C)O)[C@@]3(C)CC2)OC[C@@H](O)[C@@H]1O. The molecule has 1 aliphatic heterocycles. The van der Waals surface area contributed by atoms with Crippen molar-refractivity contribution < 1.29 is 62.0 Å². The third-order valence-electron chi connectivity index (χ3n) is 12.5. The maximum absolute atomic E-state index is 12.8. The molecule has 3 saturated carbocycles. The first-order chi connectivity index (χ1) is 21.8. The molecule has 270 valence electrons. The lowest BCUT2D eigenvalue weighted by atomic mass is 9.43. The van der Waals surface area contributed by atoms with E-state index in [0.29, 0.717) is 31.3 Å². The predicted molar refractivity (Wildman–Crippen MR) is 168 cm³/mol. The molecule has 0 amide bonds. The Morgan fingerprint density at radius 2 is 1.70 bits per heavy atom. The van der Waals surface area contributed by atoms with Gasteiger partial charge in [-0.05, 0) is 72.7 Å². The van der Waals surface area contributed by atoms with E-state index in [1.807, 2.05) is 45.9 Å². The number of hydrogen-bond donors (Lipinski definition) is 7. The van der Waals surface area contributed by atoms with Crippen LogP contribution in [0.1, 0.15) is 66.7 Å². The average Bonchev–Trinajstić information content (AvgIpc) is 3.19. The van der Waals surface area contributed by atoms with Crippen molar-refractivity contribution in [1.29, 1.82) is 0 Å². The van der Waals surface area contributed by atoms with Crippen LogP contribution in [0.3, 0.4) is 0 Å². The Labute approximate surface area is 277 Å². The van der Waals surface area contributed by atoms with Gasteiger partial charge in [-0.25, -0.2) is 4.18 Å². The molecule has 1 heterocycles. The number of aliphatic hydroxyl groups excluding tert-OH is 5. The smallest absolute Gasteiger partial charge is 0.393 e. The van der Waals surface area contributed by atoms with E-state index in [9.17, 15) is 43.6 Å². The molecule has 17 atom stereocenters. The zero-order valence-corrected chi connectivity index (χ0v) is 28.9. The number of aliphatic hydroxyl groups is 6. The molecule has 47 heavy (non-hydrogen) atoms. The van der Waals surface area contributed by atoms with Gasteiger partial charge in [0.1, 0.15) is 24.4 Å². The highest BCUT2D eigenvalue weighted by molar-refractivity contribution is 7.80. The lowest BCUT2D eigenvalue weighted by Crippen LogP contribution is -2.66. The summed E-state index contributed by atoms with van der Waals surface area (Å²) in [6.07, 6.45) is -1.78. The fourth-order valence-electron chi connectivity index (χ4n) is 10.2. The van der Waals surface area contributed by atoms with Crippen LogP contribution in [0.15, 0.2) is 23.8 Å². The van der Waals surface area contributed by atoms with E-state index in [0.717, 1.165) is 0 Å². The summed E-state index contributed by atoms with van der Waals surface area (Å²) in [6.45, 7) is 9.22. The fraction of sp³-hybridized carbons (Fsp3) is 0.879. The van der Waals surface area contributed by atoms with Crippen LogP contribution in [-0.2, 0) is 28.8 Å². The summed E-state index contributed by atoms with van der Waals surface area (Å²) in [4.78, 5) is 0. The lowest BCUT2D eigenvalue weighted by molar-refractivity contribution is -0.285. The van der Waals surface area contributed by atoms with Crippen LogP contribution >= 0.6 is 0 Å². The highest BCUT2D eigenvalue weighted by Gasteiger charge is 2.73. The van der Waals surface area contributed by atoms with Gasteiger partial charge in [0.05, 0.1) is 36.6 Å². The predicted octanol–water partition coefficient (Wildman–Crippen LogP) is 1.11. The van der Waals surface area contributed by atoms with Crippen molar-refractivity contribution >= 4 is 10.4 Å². The molecule has 1 saturated heterocycles. The topological polar surface area (TPSA) is 213 Å². The van der Waals surface area contributed by atoms with Crippen molar-refractivity contribution in [1.82, 2.24) is 0 Å². The zero-order chi connectivity index (χ0) is 34.9. The Morgan fingerprint density at radius 3 is 2.32 bits per heavy atom. The quantitative estimate of drug-likeness (QED) is 0.134. The summed E-state index contributed by atoms with van der Waals surface area (Å²) in [7, 11) is -3.63. The number of methoxy groups -OCH3 is 1. The van der Waals surface area contributed by atoms with Crippen LogP contribution in [0.25, 0.3) is 0 Å². The van der Waals surface area contributed by atoms with Crippen molar-refractivity contribution in [3.8, 4) is 0 Å². The molecule has 5 rings (SSSR count).